The van der Waals surface area contributed by atoms with E-state index in [1.165, 1.54) is 31.0 Å². The van der Waals surface area contributed by atoms with Crippen molar-refractivity contribution in [1.82, 2.24) is 10.3 Å². The molecule has 2 aromatic rings. The number of fused-ring (bicyclic) bond motifs is 1. The van der Waals surface area contributed by atoms with E-state index in [1.807, 2.05) is 37.3 Å². The van der Waals surface area contributed by atoms with Crippen molar-refractivity contribution in [2.24, 2.45) is 0 Å². The third kappa shape index (κ3) is 5.08. The molecule has 0 aliphatic carbocycles. The Hall–Kier alpha value is -2.12. The summed E-state index contributed by atoms with van der Waals surface area (Å²) in [6, 6.07) is 9.55. The molecular formula is C22H28N2O4S. The number of benzene rings is 1. The lowest BCUT2D eigenvalue weighted by molar-refractivity contribution is -0.145. The van der Waals surface area contributed by atoms with Crippen LogP contribution in [-0.2, 0) is 21.7 Å². The summed E-state index contributed by atoms with van der Waals surface area (Å²) in [4.78, 5) is 29.6. The molecule has 2 heterocycles. The zero-order valence-corrected chi connectivity index (χ0v) is 17.8. The van der Waals surface area contributed by atoms with Crippen LogP contribution in [-0.4, -0.2) is 22.7 Å². The van der Waals surface area contributed by atoms with Gasteiger partial charge in [0.2, 0.25) is 0 Å². The lowest BCUT2D eigenvalue weighted by Crippen LogP contribution is -2.51. The first-order chi connectivity index (χ1) is 14.1. The van der Waals surface area contributed by atoms with Crippen LogP contribution in [0.2, 0.25) is 0 Å². The molecule has 0 radical (unpaired) electrons. The SMILES string of the molecule is CCCCCCCNC1(C)c2c(ncoc2=O)SC1C(=O)OCc1ccccc1. The summed E-state index contributed by atoms with van der Waals surface area (Å²) in [6.45, 7) is 4.95. The number of carbonyl (C=O) groups excluding carboxylic acids is 1. The highest BCUT2D eigenvalue weighted by molar-refractivity contribution is 8.01. The summed E-state index contributed by atoms with van der Waals surface area (Å²) >= 11 is 1.26. The number of unbranched alkanes of at least 4 members (excludes halogenated alkanes) is 4. The largest absolute Gasteiger partial charge is 0.460 e. The van der Waals surface area contributed by atoms with Crippen LogP contribution in [0.25, 0.3) is 0 Å². The maximum absolute atomic E-state index is 12.9. The fourth-order valence-corrected chi connectivity index (χ4v) is 4.90. The summed E-state index contributed by atoms with van der Waals surface area (Å²) in [5.74, 6) is -0.364. The average molecular weight is 417 g/mol. The first kappa shape index (κ1) is 21.6. The highest BCUT2D eigenvalue weighted by atomic mass is 32.2. The first-order valence-electron chi connectivity index (χ1n) is 10.2. The van der Waals surface area contributed by atoms with E-state index in [0.29, 0.717) is 17.1 Å². The van der Waals surface area contributed by atoms with E-state index in [0.717, 1.165) is 24.8 Å². The van der Waals surface area contributed by atoms with Crippen LogP contribution in [0.1, 0.15) is 57.1 Å². The number of ether oxygens (including phenoxy) is 1. The fourth-order valence-electron chi connectivity index (χ4n) is 3.56. The number of thioether (sulfide) groups is 1. The smallest absolute Gasteiger partial charge is 0.345 e. The topological polar surface area (TPSA) is 81.4 Å². The molecule has 1 N–H and O–H groups in total. The van der Waals surface area contributed by atoms with Gasteiger partial charge < -0.3 is 14.5 Å². The van der Waals surface area contributed by atoms with Crippen molar-refractivity contribution in [2.75, 3.05) is 6.54 Å². The van der Waals surface area contributed by atoms with Crippen LogP contribution in [0, 0.1) is 0 Å². The normalized spacial score (nSPS) is 20.4. The predicted molar refractivity (Wildman–Crippen MR) is 113 cm³/mol. The molecule has 0 fully saturated rings. The van der Waals surface area contributed by atoms with Crippen molar-refractivity contribution in [3.05, 3.63) is 58.3 Å². The lowest BCUT2D eigenvalue weighted by Gasteiger charge is -2.30. The molecule has 0 saturated heterocycles. The van der Waals surface area contributed by atoms with Gasteiger partial charge in [0.25, 0.3) is 0 Å². The first-order valence-corrected chi connectivity index (χ1v) is 11.0. The van der Waals surface area contributed by atoms with E-state index >= 15 is 0 Å². The van der Waals surface area contributed by atoms with E-state index in [9.17, 15) is 9.59 Å². The van der Waals surface area contributed by atoms with Gasteiger partial charge in [-0.2, -0.15) is 0 Å². The molecule has 6 nitrogen and oxygen atoms in total. The Balaban J connectivity index is 1.71. The number of hydrogen-bond acceptors (Lipinski definition) is 7. The Kier molecular flexibility index (Phi) is 7.50. The molecule has 156 valence electrons. The van der Waals surface area contributed by atoms with Crippen molar-refractivity contribution >= 4 is 17.7 Å². The van der Waals surface area contributed by atoms with Crippen LogP contribution in [0.4, 0.5) is 0 Å². The molecule has 1 aromatic carbocycles. The van der Waals surface area contributed by atoms with Gasteiger partial charge in [-0.05, 0) is 25.5 Å². The maximum Gasteiger partial charge on any atom is 0.345 e. The predicted octanol–water partition coefficient (Wildman–Crippen LogP) is 4.03. The number of aromatic nitrogens is 1. The molecule has 1 aliphatic rings. The maximum atomic E-state index is 12.9. The molecule has 29 heavy (non-hydrogen) atoms. The summed E-state index contributed by atoms with van der Waals surface area (Å²) in [5.41, 5.74) is -0.000421. The van der Waals surface area contributed by atoms with Gasteiger partial charge in [0, 0.05) is 0 Å². The number of esters is 1. The number of hydrogen-bond donors (Lipinski definition) is 1. The van der Waals surface area contributed by atoms with Gasteiger partial charge in [0.15, 0.2) is 6.39 Å². The van der Waals surface area contributed by atoms with Gasteiger partial charge >= 0.3 is 11.6 Å². The van der Waals surface area contributed by atoms with E-state index < -0.39 is 16.4 Å². The van der Waals surface area contributed by atoms with Crippen molar-refractivity contribution in [1.29, 1.82) is 0 Å². The zero-order chi connectivity index (χ0) is 20.7. The van der Waals surface area contributed by atoms with Crippen LogP contribution < -0.4 is 10.9 Å². The van der Waals surface area contributed by atoms with Gasteiger partial charge in [0.05, 0.1) is 11.1 Å². The quantitative estimate of drug-likeness (QED) is 0.463. The number of rotatable bonds is 10. The third-order valence-corrected chi connectivity index (χ3v) is 6.66. The molecule has 1 aliphatic heterocycles. The van der Waals surface area contributed by atoms with Gasteiger partial charge in [-0.1, -0.05) is 74.7 Å². The van der Waals surface area contributed by atoms with Crippen molar-refractivity contribution in [3.8, 4) is 0 Å². The van der Waals surface area contributed by atoms with E-state index in [-0.39, 0.29) is 12.6 Å². The fraction of sp³-hybridized carbons (Fsp3) is 0.500. The van der Waals surface area contributed by atoms with Crippen LogP contribution in [0.5, 0.6) is 0 Å². The molecule has 0 saturated carbocycles. The Morgan fingerprint density at radius 3 is 2.76 bits per heavy atom. The molecule has 2 atom stereocenters. The minimum Gasteiger partial charge on any atom is -0.460 e. The number of carbonyl (C=O) groups is 1. The number of nitrogens with zero attached hydrogens (tertiary/aromatic N) is 1. The van der Waals surface area contributed by atoms with Crippen LogP contribution in [0.3, 0.4) is 0 Å². The number of nitrogens with one attached hydrogen (secondary N) is 1. The average Bonchev–Trinajstić information content (AvgIpc) is 3.03. The Bertz CT molecular complexity index is 871. The summed E-state index contributed by atoms with van der Waals surface area (Å²) in [7, 11) is 0. The second-order valence-electron chi connectivity index (χ2n) is 7.45. The zero-order valence-electron chi connectivity index (χ0n) is 17.0. The van der Waals surface area contributed by atoms with Gasteiger partial charge in [-0.15, -0.1) is 0 Å². The van der Waals surface area contributed by atoms with Crippen LogP contribution >= 0.6 is 11.8 Å². The molecule has 1 aromatic heterocycles. The van der Waals surface area contributed by atoms with Crippen molar-refractivity contribution in [2.45, 2.75) is 68.4 Å². The highest BCUT2D eigenvalue weighted by Crippen LogP contribution is 2.45. The van der Waals surface area contributed by atoms with Gasteiger partial charge in [0.1, 0.15) is 16.9 Å². The van der Waals surface area contributed by atoms with Gasteiger partial charge in [-0.3, -0.25) is 4.79 Å². The minimum atomic E-state index is -0.882. The Morgan fingerprint density at radius 2 is 2.00 bits per heavy atom. The molecule has 2 unspecified atom stereocenters. The molecule has 0 spiro atoms. The molecular weight excluding hydrogens is 388 g/mol. The second kappa shape index (κ2) is 10.1. The summed E-state index contributed by atoms with van der Waals surface area (Å²) in [5, 5.41) is 3.37. The van der Waals surface area contributed by atoms with E-state index in [1.54, 1.807) is 0 Å². The second-order valence-corrected chi connectivity index (χ2v) is 8.55. The molecule has 3 rings (SSSR count). The standard InChI is InChI=1S/C22H28N2O4S/c1-3-4-5-6-10-13-24-22(2)17-19(23-15-28-20(17)25)29-18(22)21(26)27-14-16-11-8-7-9-12-16/h7-9,11-12,15,18,24H,3-6,10,13-14H2,1-2H3. The van der Waals surface area contributed by atoms with E-state index in [2.05, 4.69) is 17.2 Å². The Morgan fingerprint density at radius 1 is 1.24 bits per heavy atom. The lowest BCUT2D eigenvalue weighted by atomic mass is 9.90. The summed E-state index contributed by atoms with van der Waals surface area (Å²) < 4.78 is 10.6. The van der Waals surface area contributed by atoms with E-state index in [4.69, 9.17) is 9.15 Å². The van der Waals surface area contributed by atoms with Crippen molar-refractivity contribution in [3.63, 3.8) is 0 Å². The summed E-state index contributed by atoms with van der Waals surface area (Å²) in [6.07, 6.45) is 6.83. The van der Waals surface area contributed by atoms with Crippen molar-refractivity contribution < 1.29 is 13.9 Å². The van der Waals surface area contributed by atoms with Crippen LogP contribution in [0.15, 0.2) is 51.0 Å². The minimum absolute atomic E-state index is 0.197. The molecule has 0 bridgehead atoms. The monoisotopic (exact) mass is 416 g/mol. The molecule has 7 heteroatoms. The molecule has 0 amide bonds. The highest BCUT2D eigenvalue weighted by Gasteiger charge is 2.51. The Labute approximate surface area is 175 Å². The third-order valence-electron chi connectivity index (χ3n) is 5.23. The van der Waals surface area contributed by atoms with Gasteiger partial charge in [-0.25, -0.2) is 9.78 Å².